The molecular formula is C21H30N4O3S. The number of rotatable bonds is 9. The number of hydrogen-bond acceptors (Lipinski definition) is 4. The van der Waals surface area contributed by atoms with Crippen LogP contribution in [0, 0.1) is 0 Å². The van der Waals surface area contributed by atoms with Gasteiger partial charge in [0.25, 0.3) is 0 Å². The van der Waals surface area contributed by atoms with Crippen LogP contribution in [0.4, 0.5) is 0 Å². The number of ether oxygens (including phenoxy) is 1. The fourth-order valence-electron chi connectivity index (χ4n) is 2.90. The number of nitrogens with one attached hydrogen (secondary N) is 2. The second-order valence-corrected chi connectivity index (χ2v) is 8.39. The summed E-state index contributed by atoms with van der Waals surface area (Å²) in [6.07, 6.45) is 1.72. The second-order valence-electron chi connectivity index (χ2n) is 6.83. The fourth-order valence-corrected chi connectivity index (χ4v) is 3.41. The summed E-state index contributed by atoms with van der Waals surface area (Å²) >= 11 is 0. The van der Waals surface area contributed by atoms with Gasteiger partial charge in [-0.15, -0.1) is 0 Å². The van der Waals surface area contributed by atoms with Gasteiger partial charge in [-0.3, -0.25) is 4.99 Å². The molecule has 29 heavy (non-hydrogen) atoms. The van der Waals surface area contributed by atoms with Gasteiger partial charge in [0, 0.05) is 20.1 Å². The Morgan fingerprint density at radius 2 is 1.69 bits per heavy atom. The number of primary sulfonamides is 1. The molecule has 1 atom stereocenters. The van der Waals surface area contributed by atoms with E-state index in [-0.39, 0.29) is 4.90 Å². The topological polar surface area (TPSA) is 106 Å². The molecule has 0 saturated carbocycles. The van der Waals surface area contributed by atoms with E-state index in [0.29, 0.717) is 12.5 Å². The third-order valence-corrected chi connectivity index (χ3v) is 5.67. The van der Waals surface area contributed by atoms with Gasteiger partial charge >= 0.3 is 0 Å². The van der Waals surface area contributed by atoms with Crippen molar-refractivity contribution in [1.29, 1.82) is 0 Å². The van der Waals surface area contributed by atoms with Gasteiger partial charge in [0.15, 0.2) is 5.96 Å². The van der Waals surface area contributed by atoms with E-state index in [1.807, 2.05) is 12.1 Å². The number of benzene rings is 2. The van der Waals surface area contributed by atoms with Crippen LogP contribution in [0.15, 0.2) is 58.4 Å². The Labute approximate surface area is 173 Å². The maximum atomic E-state index is 11.3. The van der Waals surface area contributed by atoms with Crippen LogP contribution in [0.1, 0.15) is 30.4 Å². The highest BCUT2D eigenvalue weighted by atomic mass is 32.2. The lowest BCUT2D eigenvalue weighted by atomic mass is 9.98. The summed E-state index contributed by atoms with van der Waals surface area (Å²) in [7, 11) is -0.243. The van der Waals surface area contributed by atoms with E-state index in [9.17, 15) is 8.42 Å². The van der Waals surface area contributed by atoms with Crippen molar-refractivity contribution in [2.45, 2.75) is 30.6 Å². The number of hydrogen-bond donors (Lipinski definition) is 3. The van der Waals surface area contributed by atoms with Crippen LogP contribution in [0.3, 0.4) is 0 Å². The Morgan fingerprint density at radius 3 is 2.24 bits per heavy atom. The zero-order chi connectivity index (χ0) is 21.3. The predicted octanol–water partition coefficient (Wildman–Crippen LogP) is 2.24. The Kier molecular flexibility index (Phi) is 8.48. The Morgan fingerprint density at radius 1 is 1.07 bits per heavy atom. The van der Waals surface area contributed by atoms with Crippen LogP contribution >= 0.6 is 0 Å². The molecular weight excluding hydrogens is 388 g/mol. The highest BCUT2D eigenvalue weighted by Gasteiger charge is 2.08. The number of guanidine groups is 1. The summed E-state index contributed by atoms with van der Waals surface area (Å²) in [6.45, 7) is 3.68. The third kappa shape index (κ3) is 7.40. The molecule has 0 heterocycles. The Balaban J connectivity index is 1.73. The minimum Gasteiger partial charge on any atom is -0.497 e. The predicted molar refractivity (Wildman–Crippen MR) is 117 cm³/mol. The maximum Gasteiger partial charge on any atom is 0.238 e. The molecule has 0 aliphatic heterocycles. The van der Waals surface area contributed by atoms with Gasteiger partial charge in [0.1, 0.15) is 5.75 Å². The number of methoxy groups -OCH3 is 1. The first-order valence-corrected chi connectivity index (χ1v) is 11.1. The van der Waals surface area contributed by atoms with E-state index >= 15 is 0 Å². The molecule has 158 valence electrons. The zero-order valence-corrected chi connectivity index (χ0v) is 18.0. The molecule has 0 bridgehead atoms. The minimum atomic E-state index is -3.65. The SMILES string of the molecule is CN=C(NCCc1ccc(S(N)(=O)=O)cc1)NCCC(C)c1ccc(OC)cc1. The lowest BCUT2D eigenvalue weighted by Crippen LogP contribution is -2.39. The third-order valence-electron chi connectivity index (χ3n) is 4.74. The highest BCUT2D eigenvalue weighted by Crippen LogP contribution is 2.21. The van der Waals surface area contributed by atoms with Gasteiger partial charge in [0.2, 0.25) is 10.0 Å². The van der Waals surface area contributed by atoms with Crippen molar-refractivity contribution in [3.8, 4) is 5.75 Å². The van der Waals surface area contributed by atoms with Crippen molar-refractivity contribution in [2.75, 3.05) is 27.2 Å². The van der Waals surface area contributed by atoms with E-state index in [4.69, 9.17) is 9.88 Å². The highest BCUT2D eigenvalue weighted by molar-refractivity contribution is 7.89. The Hall–Kier alpha value is -2.58. The average Bonchev–Trinajstić information content (AvgIpc) is 2.72. The van der Waals surface area contributed by atoms with E-state index < -0.39 is 10.0 Å². The number of nitrogens with two attached hydrogens (primary N) is 1. The first kappa shape index (κ1) is 22.7. The van der Waals surface area contributed by atoms with Crippen molar-refractivity contribution < 1.29 is 13.2 Å². The quantitative estimate of drug-likeness (QED) is 0.428. The standard InChI is InChI=1S/C21H30N4O3S/c1-16(18-6-8-19(28-3)9-7-18)12-14-24-21(23-2)25-15-13-17-4-10-20(11-5-17)29(22,26)27/h4-11,16H,12-15H2,1-3H3,(H2,22,26,27)(H2,23,24,25). The van der Waals surface area contributed by atoms with Gasteiger partial charge in [-0.25, -0.2) is 13.6 Å². The number of aliphatic imine (C=N–C) groups is 1. The first-order chi connectivity index (χ1) is 13.8. The minimum absolute atomic E-state index is 0.123. The van der Waals surface area contributed by atoms with Crippen LogP contribution in [0.2, 0.25) is 0 Å². The van der Waals surface area contributed by atoms with Crippen LogP contribution in [0.5, 0.6) is 5.75 Å². The van der Waals surface area contributed by atoms with Crippen molar-refractivity contribution >= 4 is 16.0 Å². The molecule has 0 fully saturated rings. The lowest BCUT2D eigenvalue weighted by molar-refractivity contribution is 0.414. The molecule has 4 N–H and O–H groups in total. The normalized spacial score (nSPS) is 13.0. The van der Waals surface area contributed by atoms with Gasteiger partial charge in [0.05, 0.1) is 12.0 Å². The van der Waals surface area contributed by atoms with Gasteiger partial charge in [-0.2, -0.15) is 0 Å². The fraction of sp³-hybridized carbons (Fsp3) is 0.381. The van der Waals surface area contributed by atoms with Crippen LogP contribution in [-0.2, 0) is 16.4 Å². The summed E-state index contributed by atoms with van der Waals surface area (Å²) in [6, 6.07) is 14.7. The van der Waals surface area contributed by atoms with Crippen LogP contribution in [-0.4, -0.2) is 41.6 Å². The summed E-state index contributed by atoms with van der Waals surface area (Å²) in [5.74, 6) is 2.03. The molecule has 0 aliphatic carbocycles. The van der Waals surface area contributed by atoms with E-state index in [1.54, 1.807) is 26.3 Å². The first-order valence-electron chi connectivity index (χ1n) is 9.53. The number of nitrogens with zero attached hydrogens (tertiary/aromatic N) is 1. The van der Waals surface area contributed by atoms with Crippen molar-refractivity contribution in [3.05, 3.63) is 59.7 Å². The number of sulfonamides is 1. The summed E-state index contributed by atoms with van der Waals surface area (Å²) < 4.78 is 27.8. The summed E-state index contributed by atoms with van der Waals surface area (Å²) in [5.41, 5.74) is 2.30. The van der Waals surface area contributed by atoms with Crippen LogP contribution < -0.4 is 20.5 Å². The van der Waals surface area contributed by atoms with Crippen molar-refractivity contribution in [2.24, 2.45) is 10.1 Å². The van der Waals surface area contributed by atoms with E-state index in [1.165, 1.54) is 17.7 Å². The smallest absolute Gasteiger partial charge is 0.238 e. The van der Waals surface area contributed by atoms with Crippen molar-refractivity contribution in [3.63, 3.8) is 0 Å². The average molecular weight is 419 g/mol. The molecule has 1 unspecified atom stereocenters. The molecule has 0 aromatic heterocycles. The second kappa shape index (κ2) is 10.8. The molecule has 0 spiro atoms. The molecule has 0 aliphatic rings. The zero-order valence-electron chi connectivity index (χ0n) is 17.2. The largest absolute Gasteiger partial charge is 0.497 e. The monoisotopic (exact) mass is 418 g/mol. The molecule has 2 rings (SSSR count). The van der Waals surface area contributed by atoms with Gasteiger partial charge in [-0.1, -0.05) is 31.2 Å². The molecule has 0 radical (unpaired) electrons. The van der Waals surface area contributed by atoms with Gasteiger partial charge in [-0.05, 0) is 54.2 Å². The van der Waals surface area contributed by atoms with E-state index in [2.05, 4.69) is 34.7 Å². The molecule has 0 saturated heterocycles. The maximum absolute atomic E-state index is 11.3. The summed E-state index contributed by atoms with van der Waals surface area (Å²) in [5, 5.41) is 11.7. The molecule has 2 aromatic rings. The molecule has 7 nitrogen and oxygen atoms in total. The Bertz CT molecular complexity index is 895. The van der Waals surface area contributed by atoms with Gasteiger partial charge < -0.3 is 15.4 Å². The lowest BCUT2D eigenvalue weighted by Gasteiger charge is -2.15. The molecule has 0 amide bonds. The molecule has 2 aromatic carbocycles. The van der Waals surface area contributed by atoms with E-state index in [0.717, 1.165) is 36.7 Å². The van der Waals surface area contributed by atoms with Crippen molar-refractivity contribution in [1.82, 2.24) is 10.6 Å². The summed E-state index contributed by atoms with van der Waals surface area (Å²) in [4.78, 5) is 4.36. The van der Waals surface area contributed by atoms with Crippen LogP contribution in [0.25, 0.3) is 0 Å². The molecule has 8 heteroatoms.